The molecule has 0 saturated heterocycles. The first-order chi connectivity index (χ1) is 10.1. The zero-order valence-electron chi connectivity index (χ0n) is 12.2. The Morgan fingerprint density at radius 1 is 0.952 bits per heavy atom. The van der Waals surface area contributed by atoms with Crippen LogP contribution in [0.25, 0.3) is 0 Å². The Morgan fingerprint density at radius 2 is 1.57 bits per heavy atom. The van der Waals surface area contributed by atoms with Crippen molar-refractivity contribution in [1.82, 2.24) is 0 Å². The van der Waals surface area contributed by atoms with E-state index in [9.17, 15) is 4.39 Å². The Hall–Kier alpha value is -2.27. The minimum absolute atomic E-state index is 0.339. The second-order valence-electron chi connectivity index (χ2n) is 4.48. The summed E-state index contributed by atoms with van der Waals surface area (Å²) in [6.45, 7) is 0. The molecule has 0 bridgehead atoms. The van der Waals surface area contributed by atoms with Gasteiger partial charge in [-0.05, 0) is 17.7 Å². The van der Waals surface area contributed by atoms with Crippen molar-refractivity contribution < 1.29 is 18.6 Å². The van der Waals surface area contributed by atoms with Gasteiger partial charge in [0.1, 0.15) is 23.1 Å². The highest BCUT2D eigenvalue weighted by Gasteiger charge is 2.21. The Bertz CT molecular complexity index is 606. The first-order valence-corrected chi connectivity index (χ1v) is 6.41. The van der Waals surface area contributed by atoms with Gasteiger partial charge in [-0.3, -0.25) is 0 Å². The van der Waals surface area contributed by atoms with Crippen LogP contribution in [0.1, 0.15) is 17.2 Å². The summed E-state index contributed by atoms with van der Waals surface area (Å²) in [5.74, 6) is 1.32. The van der Waals surface area contributed by atoms with Crippen LogP contribution in [0, 0.1) is 5.82 Å². The van der Waals surface area contributed by atoms with Crippen LogP contribution in [0.2, 0.25) is 0 Å². The van der Waals surface area contributed by atoms with Crippen LogP contribution in [-0.2, 0) is 0 Å². The van der Waals surface area contributed by atoms with E-state index < -0.39 is 6.04 Å². The monoisotopic (exact) mass is 291 g/mol. The molecule has 0 aromatic heterocycles. The first kappa shape index (κ1) is 15.1. The van der Waals surface area contributed by atoms with E-state index in [1.807, 2.05) is 0 Å². The van der Waals surface area contributed by atoms with Crippen molar-refractivity contribution in [2.24, 2.45) is 5.73 Å². The Kier molecular flexibility index (Phi) is 4.65. The van der Waals surface area contributed by atoms with E-state index in [0.717, 1.165) is 0 Å². The van der Waals surface area contributed by atoms with Gasteiger partial charge >= 0.3 is 0 Å². The summed E-state index contributed by atoms with van der Waals surface area (Å²) in [6.07, 6.45) is 0. The van der Waals surface area contributed by atoms with Crippen LogP contribution in [0.3, 0.4) is 0 Å². The van der Waals surface area contributed by atoms with Gasteiger partial charge in [0.15, 0.2) is 0 Å². The minimum atomic E-state index is -0.573. The molecule has 2 aromatic rings. The van der Waals surface area contributed by atoms with Gasteiger partial charge in [-0.15, -0.1) is 0 Å². The minimum Gasteiger partial charge on any atom is -0.496 e. The van der Waals surface area contributed by atoms with E-state index in [0.29, 0.717) is 28.4 Å². The molecular weight excluding hydrogens is 273 g/mol. The number of halogens is 1. The van der Waals surface area contributed by atoms with Crippen molar-refractivity contribution in [3.8, 4) is 17.2 Å². The average molecular weight is 291 g/mol. The molecule has 112 valence electrons. The summed E-state index contributed by atoms with van der Waals surface area (Å²) in [4.78, 5) is 0. The lowest BCUT2D eigenvalue weighted by Crippen LogP contribution is -2.15. The molecule has 5 heteroatoms. The van der Waals surface area contributed by atoms with Gasteiger partial charge < -0.3 is 19.9 Å². The predicted octanol–water partition coefficient (Wildman–Crippen LogP) is 2.90. The average Bonchev–Trinajstić information content (AvgIpc) is 2.52. The van der Waals surface area contributed by atoms with Crippen LogP contribution >= 0.6 is 0 Å². The molecule has 2 N–H and O–H groups in total. The van der Waals surface area contributed by atoms with E-state index in [4.69, 9.17) is 19.9 Å². The summed E-state index contributed by atoms with van der Waals surface area (Å²) >= 11 is 0. The lowest BCUT2D eigenvalue weighted by molar-refractivity contribution is 0.366. The molecular formula is C16H18FNO3. The van der Waals surface area contributed by atoms with Crippen molar-refractivity contribution in [3.63, 3.8) is 0 Å². The van der Waals surface area contributed by atoms with Gasteiger partial charge in [0.25, 0.3) is 0 Å². The largest absolute Gasteiger partial charge is 0.496 e. The van der Waals surface area contributed by atoms with Gasteiger partial charge in [0.2, 0.25) is 0 Å². The third kappa shape index (κ3) is 3.08. The molecule has 0 aliphatic heterocycles. The molecule has 2 aromatic carbocycles. The Morgan fingerprint density at radius 3 is 2.05 bits per heavy atom. The molecule has 0 spiro atoms. The van der Waals surface area contributed by atoms with Crippen molar-refractivity contribution >= 4 is 0 Å². The number of rotatable bonds is 5. The summed E-state index contributed by atoms with van der Waals surface area (Å²) in [5, 5.41) is 0. The maximum atomic E-state index is 13.4. The topological polar surface area (TPSA) is 53.7 Å². The van der Waals surface area contributed by atoms with Gasteiger partial charge in [0.05, 0.1) is 32.9 Å². The van der Waals surface area contributed by atoms with Crippen molar-refractivity contribution in [2.75, 3.05) is 21.3 Å². The molecule has 0 aliphatic carbocycles. The van der Waals surface area contributed by atoms with Crippen LogP contribution < -0.4 is 19.9 Å². The van der Waals surface area contributed by atoms with E-state index in [2.05, 4.69) is 0 Å². The summed E-state index contributed by atoms with van der Waals surface area (Å²) in [7, 11) is 4.63. The summed E-state index contributed by atoms with van der Waals surface area (Å²) in [5.41, 5.74) is 7.54. The van der Waals surface area contributed by atoms with Crippen LogP contribution in [-0.4, -0.2) is 21.3 Å². The Labute approximate surface area is 123 Å². The number of methoxy groups -OCH3 is 3. The smallest absolute Gasteiger partial charge is 0.131 e. The van der Waals surface area contributed by atoms with E-state index in [-0.39, 0.29) is 5.82 Å². The molecule has 0 radical (unpaired) electrons. The number of hydrogen-bond acceptors (Lipinski definition) is 4. The van der Waals surface area contributed by atoms with Crippen molar-refractivity contribution in [3.05, 3.63) is 53.3 Å². The third-order valence-electron chi connectivity index (χ3n) is 3.27. The standard InChI is InChI=1S/C16H18FNO3/c1-19-12-8-13(20-2)15(14(9-12)21-3)16(18)10-5-4-6-11(17)7-10/h4-9,16H,18H2,1-3H3. The molecule has 0 amide bonds. The molecule has 0 heterocycles. The van der Waals surface area contributed by atoms with Crippen molar-refractivity contribution in [1.29, 1.82) is 0 Å². The quantitative estimate of drug-likeness (QED) is 0.920. The normalized spacial score (nSPS) is 11.9. The molecule has 21 heavy (non-hydrogen) atoms. The van der Waals surface area contributed by atoms with Gasteiger partial charge in [-0.2, -0.15) is 0 Å². The number of ether oxygens (including phenoxy) is 3. The van der Waals surface area contributed by atoms with Gasteiger partial charge in [-0.1, -0.05) is 12.1 Å². The molecule has 0 saturated carbocycles. The van der Waals surface area contributed by atoms with E-state index in [1.54, 1.807) is 31.4 Å². The molecule has 0 aliphatic rings. The second kappa shape index (κ2) is 6.45. The molecule has 1 unspecified atom stereocenters. The molecule has 1 atom stereocenters. The van der Waals surface area contributed by atoms with Crippen LogP contribution in [0.15, 0.2) is 36.4 Å². The fraction of sp³-hybridized carbons (Fsp3) is 0.250. The van der Waals surface area contributed by atoms with Gasteiger partial charge in [-0.25, -0.2) is 4.39 Å². The second-order valence-corrected chi connectivity index (χ2v) is 4.48. The van der Waals surface area contributed by atoms with Crippen molar-refractivity contribution in [2.45, 2.75) is 6.04 Å². The number of nitrogens with two attached hydrogens (primary N) is 1. The first-order valence-electron chi connectivity index (χ1n) is 6.41. The lowest BCUT2D eigenvalue weighted by atomic mass is 9.97. The van der Waals surface area contributed by atoms with E-state index >= 15 is 0 Å². The maximum Gasteiger partial charge on any atom is 0.131 e. The van der Waals surface area contributed by atoms with Crippen LogP contribution in [0.4, 0.5) is 4.39 Å². The zero-order valence-corrected chi connectivity index (χ0v) is 12.2. The van der Waals surface area contributed by atoms with Crippen LogP contribution in [0.5, 0.6) is 17.2 Å². The fourth-order valence-corrected chi connectivity index (χ4v) is 2.21. The fourth-order valence-electron chi connectivity index (χ4n) is 2.21. The highest BCUT2D eigenvalue weighted by atomic mass is 19.1. The third-order valence-corrected chi connectivity index (χ3v) is 3.27. The maximum absolute atomic E-state index is 13.4. The predicted molar refractivity (Wildman–Crippen MR) is 78.5 cm³/mol. The van der Waals surface area contributed by atoms with Gasteiger partial charge in [0, 0.05) is 12.1 Å². The molecule has 0 fully saturated rings. The molecule has 4 nitrogen and oxygen atoms in total. The summed E-state index contributed by atoms with van der Waals surface area (Å²) in [6, 6.07) is 9.01. The Balaban J connectivity index is 2.55. The summed E-state index contributed by atoms with van der Waals surface area (Å²) < 4.78 is 29.3. The highest BCUT2D eigenvalue weighted by Crippen LogP contribution is 2.39. The zero-order chi connectivity index (χ0) is 15.4. The molecule has 2 rings (SSSR count). The SMILES string of the molecule is COc1cc(OC)c(C(N)c2cccc(F)c2)c(OC)c1. The van der Waals surface area contributed by atoms with E-state index in [1.165, 1.54) is 26.4 Å². The lowest BCUT2D eigenvalue weighted by Gasteiger charge is -2.20. The highest BCUT2D eigenvalue weighted by molar-refractivity contribution is 5.54. The number of benzene rings is 2. The number of hydrogen-bond donors (Lipinski definition) is 1.